The van der Waals surface area contributed by atoms with Crippen molar-refractivity contribution in [3.8, 4) is 0 Å². The smallest absolute Gasteiger partial charge is 0.0589 e. The van der Waals surface area contributed by atoms with Crippen molar-refractivity contribution >= 4 is 0 Å². The fourth-order valence-corrected chi connectivity index (χ4v) is 2.38. The molecule has 0 spiro atoms. The van der Waals surface area contributed by atoms with Crippen LogP contribution in [0.25, 0.3) is 0 Å². The van der Waals surface area contributed by atoms with Gasteiger partial charge in [-0.1, -0.05) is 0 Å². The Morgan fingerprint density at radius 1 is 1.27 bits per heavy atom. The molecule has 3 aliphatic rings. The van der Waals surface area contributed by atoms with E-state index in [4.69, 9.17) is 4.74 Å². The highest BCUT2D eigenvalue weighted by atomic mass is 16.5. The van der Waals surface area contributed by atoms with E-state index in [1.165, 1.54) is 25.9 Å². The number of ether oxygens (including phenoxy) is 1. The summed E-state index contributed by atoms with van der Waals surface area (Å²) in [5.74, 6) is 2.07. The molecule has 3 fully saturated rings. The first kappa shape index (κ1) is 7.56. The standard InChI is InChI=1S/C9H17NO/c1-11-3-2-10-6-8-4-9(5-8)7-10/h8-9H,2-7H2,1H3. The highest BCUT2D eigenvalue weighted by Gasteiger charge is 2.36. The van der Waals surface area contributed by atoms with Crippen LogP contribution in [0.5, 0.6) is 0 Å². The summed E-state index contributed by atoms with van der Waals surface area (Å²) in [4.78, 5) is 2.55. The largest absolute Gasteiger partial charge is 0.383 e. The van der Waals surface area contributed by atoms with E-state index < -0.39 is 0 Å². The minimum atomic E-state index is 0.902. The van der Waals surface area contributed by atoms with Crippen LogP contribution in [0.3, 0.4) is 0 Å². The average Bonchev–Trinajstić information content (AvgIpc) is 2.00. The SMILES string of the molecule is COCCN1CC2CC(C2)C1. The van der Waals surface area contributed by atoms with Crippen LogP contribution in [0, 0.1) is 11.8 Å². The van der Waals surface area contributed by atoms with Gasteiger partial charge in [0.25, 0.3) is 0 Å². The molecule has 2 bridgehead atoms. The van der Waals surface area contributed by atoms with E-state index in [1.54, 1.807) is 7.11 Å². The van der Waals surface area contributed by atoms with Gasteiger partial charge in [-0.25, -0.2) is 0 Å². The molecule has 0 atom stereocenters. The molecule has 1 saturated carbocycles. The van der Waals surface area contributed by atoms with Crippen LogP contribution in [0.1, 0.15) is 12.8 Å². The van der Waals surface area contributed by atoms with Gasteiger partial charge in [0.2, 0.25) is 0 Å². The molecule has 0 unspecified atom stereocenters. The molecular weight excluding hydrogens is 138 g/mol. The Balaban J connectivity index is 1.70. The Kier molecular flexibility index (Phi) is 2.14. The van der Waals surface area contributed by atoms with Crippen LogP contribution in [-0.4, -0.2) is 38.3 Å². The molecular formula is C9H17NO. The van der Waals surface area contributed by atoms with Gasteiger partial charge in [0.1, 0.15) is 0 Å². The van der Waals surface area contributed by atoms with E-state index in [0.717, 1.165) is 25.0 Å². The number of hydrogen-bond donors (Lipinski definition) is 0. The van der Waals surface area contributed by atoms with E-state index in [0.29, 0.717) is 0 Å². The Bertz CT molecular complexity index is 122. The molecule has 2 saturated heterocycles. The Labute approximate surface area is 68.5 Å². The molecule has 64 valence electrons. The monoisotopic (exact) mass is 155 g/mol. The van der Waals surface area contributed by atoms with Crippen LogP contribution in [0.4, 0.5) is 0 Å². The molecule has 3 rings (SSSR count). The maximum atomic E-state index is 5.05. The Morgan fingerprint density at radius 2 is 1.91 bits per heavy atom. The van der Waals surface area contributed by atoms with Crippen molar-refractivity contribution in [3.63, 3.8) is 0 Å². The van der Waals surface area contributed by atoms with Gasteiger partial charge >= 0.3 is 0 Å². The summed E-state index contributed by atoms with van der Waals surface area (Å²) >= 11 is 0. The number of fused-ring (bicyclic) bond motifs is 2. The maximum Gasteiger partial charge on any atom is 0.0589 e. The number of nitrogens with zero attached hydrogens (tertiary/aromatic N) is 1. The first-order valence-electron chi connectivity index (χ1n) is 4.60. The maximum absolute atomic E-state index is 5.05. The fourth-order valence-electron chi connectivity index (χ4n) is 2.38. The molecule has 1 aliphatic carbocycles. The second-order valence-corrected chi connectivity index (χ2v) is 3.96. The zero-order chi connectivity index (χ0) is 7.68. The second-order valence-electron chi connectivity index (χ2n) is 3.96. The third kappa shape index (κ3) is 1.57. The molecule has 0 N–H and O–H groups in total. The summed E-state index contributed by atoms with van der Waals surface area (Å²) < 4.78 is 5.05. The molecule has 0 radical (unpaired) electrons. The lowest BCUT2D eigenvalue weighted by molar-refractivity contribution is 0.0141. The molecule has 11 heavy (non-hydrogen) atoms. The molecule has 0 amide bonds. The number of hydrogen-bond acceptors (Lipinski definition) is 2. The van der Waals surface area contributed by atoms with Gasteiger partial charge in [-0.3, -0.25) is 0 Å². The summed E-state index contributed by atoms with van der Waals surface area (Å²) in [5.41, 5.74) is 0. The predicted octanol–water partition coefficient (Wildman–Crippen LogP) is 0.975. The van der Waals surface area contributed by atoms with Crippen LogP contribution < -0.4 is 0 Å². The van der Waals surface area contributed by atoms with Gasteiger partial charge in [0.05, 0.1) is 6.61 Å². The van der Waals surface area contributed by atoms with Gasteiger partial charge in [-0.2, -0.15) is 0 Å². The molecule has 2 nitrogen and oxygen atoms in total. The van der Waals surface area contributed by atoms with Crippen molar-refractivity contribution in [2.24, 2.45) is 11.8 Å². The Morgan fingerprint density at radius 3 is 2.45 bits per heavy atom. The van der Waals surface area contributed by atoms with Crippen LogP contribution in [0.15, 0.2) is 0 Å². The van der Waals surface area contributed by atoms with E-state index in [1.807, 2.05) is 0 Å². The lowest BCUT2D eigenvalue weighted by Gasteiger charge is -2.47. The molecule has 2 heteroatoms. The van der Waals surface area contributed by atoms with Crippen molar-refractivity contribution in [2.45, 2.75) is 12.8 Å². The molecule has 2 heterocycles. The van der Waals surface area contributed by atoms with E-state index in [9.17, 15) is 0 Å². The number of rotatable bonds is 3. The van der Waals surface area contributed by atoms with Gasteiger partial charge in [-0.15, -0.1) is 0 Å². The van der Waals surface area contributed by atoms with Gasteiger partial charge in [-0.05, 0) is 24.7 Å². The van der Waals surface area contributed by atoms with Crippen molar-refractivity contribution in [3.05, 3.63) is 0 Å². The van der Waals surface area contributed by atoms with Crippen molar-refractivity contribution in [2.75, 3.05) is 33.4 Å². The molecule has 0 aromatic carbocycles. The number of methoxy groups -OCH3 is 1. The van der Waals surface area contributed by atoms with E-state index in [2.05, 4.69) is 4.90 Å². The topological polar surface area (TPSA) is 12.5 Å². The van der Waals surface area contributed by atoms with E-state index >= 15 is 0 Å². The first-order valence-corrected chi connectivity index (χ1v) is 4.60. The summed E-state index contributed by atoms with van der Waals surface area (Å²) in [6, 6.07) is 0. The van der Waals surface area contributed by atoms with Crippen molar-refractivity contribution in [1.29, 1.82) is 0 Å². The third-order valence-corrected chi connectivity index (χ3v) is 2.98. The first-order chi connectivity index (χ1) is 5.38. The highest BCUT2D eigenvalue weighted by Crippen LogP contribution is 2.39. The minimum Gasteiger partial charge on any atom is -0.383 e. The lowest BCUT2D eigenvalue weighted by Crippen LogP contribution is -2.49. The van der Waals surface area contributed by atoms with Crippen LogP contribution in [0.2, 0.25) is 0 Å². The van der Waals surface area contributed by atoms with Gasteiger partial charge in [0, 0.05) is 26.7 Å². The Hall–Kier alpha value is -0.0800. The molecule has 2 aliphatic heterocycles. The zero-order valence-corrected chi connectivity index (χ0v) is 7.25. The van der Waals surface area contributed by atoms with Gasteiger partial charge < -0.3 is 9.64 Å². The lowest BCUT2D eigenvalue weighted by atomic mass is 9.71. The summed E-state index contributed by atoms with van der Waals surface area (Å²) in [6.45, 7) is 4.71. The van der Waals surface area contributed by atoms with Gasteiger partial charge in [0.15, 0.2) is 0 Å². The van der Waals surface area contributed by atoms with Crippen LogP contribution in [-0.2, 0) is 4.74 Å². The predicted molar refractivity (Wildman–Crippen MR) is 44.5 cm³/mol. The zero-order valence-electron chi connectivity index (χ0n) is 7.25. The second kappa shape index (κ2) is 3.11. The number of piperidine rings is 2. The third-order valence-electron chi connectivity index (χ3n) is 2.98. The van der Waals surface area contributed by atoms with Crippen molar-refractivity contribution < 1.29 is 4.74 Å². The quantitative estimate of drug-likeness (QED) is 0.602. The van der Waals surface area contributed by atoms with Crippen LogP contribution >= 0.6 is 0 Å². The molecule has 0 aromatic rings. The van der Waals surface area contributed by atoms with Crippen molar-refractivity contribution in [1.82, 2.24) is 4.90 Å². The summed E-state index contributed by atoms with van der Waals surface area (Å²) in [7, 11) is 1.78. The summed E-state index contributed by atoms with van der Waals surface area (Å²) in [6.07, 6.45) is 3.01. The average molecular weight is 155 g/mol. The summed E-state index contributed by atoms with van der Waals surface area (Å²) in [5, 5.41) is 0. The highest BCUT2D eigenvalue weighted by molar-refractivity contribution is 4.89. The fraction of sp³-hybridized carbons (Fsp3) is 1.00. The molecule has 0 aromatic heterocycles. The van der Waals surface area contributed by atoms with E-state index in [-0.39, 0.29) is 0 Å². The minimum absolute atomic E-state index is 0.902. The normalized spacial score (nSPS) is 36.8.